The summed E-state index contributed by atoms with van der Waals surface area (Å²) in [6.07, 6.45) is 0. The number of fused-ring (bicyclic) bond motifs is 6. The number of halogens is 3. The average Bonchev–Trinajstić information content (AvgIpc) is 3.62. The monoisotopic (exact) mass is 648 g/mol. The van der Waals surface area contributed by atoms with Gasteiger partial charge in [-0.15, -0.1) is 0 Å². The van der Waals surface area contributed by atoms with Gasteiger partial charge in [0.1, 0.15) is 5.58 Å². The van der Waals surface area contributed by atoms with Crippen LogP contribution in [0.1, 0.15) is 0 Å². The van der Waals surface area contributed by atoms with Gasteiger partial charge in [-0.25, -0.2) is 0 Å². The SMILES string of the molecule is O=S(=O)(Oc1ccc(-n2c3ccccc3c3ccccc32)c2c1oc1cc(N(c3ccccc3)c3ccccc3)ccc12)C(F)(F)F. The summed E-state index contributed by atoms with van der Waals surface area (Å²) >= 11 is 0. The van der Waals surface area contributed by atoms with Crippen LogP contribution < -0.4 is 9.08 Å². The minimum atomic E-state index is -5.98. The number of alkyl halides is 3. The van der Waals surface area contributed by atoms with E-state index in [9.17, 15) is 21.6 Å². The van der Waals surface area contributed by atoms with Crippen molar-refractivity contribution in [3.8, 4) is 11.4 Å². The molecule has 0 aliphatic carbocycles. The van der Waals surface area contributed by atoms with E-state index in [0.717, 1.165) is 38.9 Å². The topological polar surface area (TPSA) is 64.7 Å². The van der Waals surface area contributed by atoms with Crippen molar-refractivity contribution in [3.63, 3.8) is 0 Å². The predicted molar refractivity (Wildman–Crippen MR) is 178 cm³/mol. The number of para-hydroxylation sites is 4. The molecule has 2 aromatic heterocycles. The summed E-state index contributed by atoms with van der Waals surface area (Å²) in [5.74, 6) is -0.567. The quantitative estimate of drug-likeness (QED) is 0.133. The fraction of sp³-hybridized carbons (Fsp3) is 0.0270. The first kappa shape index (κ1) is 28.7. The molecule has 8 aromatic rings. The van der Waals surface area contributed by atoms with Crippen LogP contribution in [0, 0.1) is 0 Å². The van der Waals surface area contributed by atoms with Crippen molar-refractivity contribution in [1.29, 1.82) is 0 Å². The second kappa shape index (κ2) is 10.7. The molecule has 8 rings (SSSR count). The standard InChI is InChI=1S/C37H23F3N2O4S/c38-37(39,40)47(43,44)46-33-22-21-32(42-30-17-9-7-15-27(30)28-16-8-10-18-31(28)42)35-29-20-19-26(23-34(29)45-36(33)35)41(24-11-3-1-4-12-24)25-13-5-2-6-14-25/h1-23H. The van der Waals surface area contributed by atoms with Crippen molar-refractivity contribution >= 4 is 70.9 Å². The number of nitrogens with zero attached hydrogens (tertiary/aromatic N) is 2. The lowest BCUT2D eigenvalue weighted by molar-refractivity contribution is -0.0499. The zero-order valence-corrected chi connectivity index (χ0v) is 25.2. The van der Waals surface area contributed by atoms with Gasteiger partial charge in [-0.1, -0.05) is 72.8 Å². The third-order valence-corrected chi connectivity index (χ3v) is 9.10. The van der Waals surface area contributed by atoms with E-state index >= 15 is 0 Å². The Balaban J connectivity index is 1.42. The molecule has 6 aromatic carbocycles. The van der Waals surface area contributed by atoms with E-state index in [-0.39, 0.29) is 5.58 Å². The third kappa shape index (κ3) is 4.68. The van der Waals surface area contributed by atoms with Crippen LogP contribution in [0.25, 0.3) is 49.4 Å². The maximum absolute atomic E-state index is 13.5. The van der Waals surface area contributed by atoms with Gasteiger partial charge in [-0.3, -0.25) is 0 Å². The number of rotatable bonds is 6. The average molecular weight is 649 g/mol. The van der Waals surface area contributed by atoms with Crippen molar-refractivity contribution in [1.82, 2.24) is 4.57 Å². The van der Waals surface area contributed by atoms with Crippen molar-refractivity contribution < 1.29 is 30.2 Å². The Morgan fingerprint density at radius 3 is 1.74 bits per heavy atom. The first-order valence-corrected chi connectivity index (χ1v) is 16.0. The van der Waals surface area contributed by atoms with Gasteiger partial charge in [0.25, 0.3) is 0 Å². The van der Waals surface area contributed by atoms with Gasteiger partial charge in [0.15, 0.2) is 11.3 Å². The van der Waals surface area contributed by atoms with E-state index in [2.05, 4.69) is 0 Å². The zero-order chi connectivity index (χ0) is 32.3. The second-order valence-electron chi connectivity index (χ2n) is 10.9. The van der Waals surface area contributed by atoms with Crippen LogP contribution in [0.2, 0.25) is 0 Å². The summed E-state index contributed by atoms with van der Waals surface area (Å²) in [6, 6.07) is 43.3. The molecule has 0 aliphatic heterocycles. The number of benzene rings is 6. The Hall–Kier alpha value is -5.74. The lowest BCUT2D eigenvalue weighted by Crippen LogP contribution is -2.28. The molecular weight excluding hydrogens is 625 g/mol. The van der Waals surface area contributed by atoms with Crippen molar-refractivity contribution in [2.45, 2.75) is 5.51 Å². The molecule has 0 spiro atoms. The number of anilines is 3. The van der Waals surface area contributed by atoms with Gasteiger partial charge in [0.2, 0.25) is 0 Å². The van der Waals surface area contributed by atoms with E-state index in [1.165, 1.54) is 6.07 Å². The van der Waals surface area contributed by atoms with Crippen molar-refractivity contribution in [3.05, 3.63) is 140 Å². The Morgan fingerprint density at radius 1 is 0.617 bits per heavy atom. The Bertz CT molecular complexity index is 2470. The number of aromatic nitrogens is 1. The molecule has 0 saturated heterocycles. The highest BCUT2D eigenvalue weighted by Gasteiger charge is 2.49. The van der Waals surface area contributed by atoms with E-state index in [4.69, 9.17) is 8.60 Å². The van der Waals surface area contributed by atoms with Crippen molar-refractivity contribution in [2.24, 2.45) is 0 Å². The molecule has 232 valence electrons. The van der Waals surface area contributed by atoms with E-state index in [1.54, 1.807) is 12.1 Å². The van der Waals surface area contributed by atoms with Crippen LogP contribution in [-0.4, -0.2) is 18.5 Å². The molecule has 0 radical (unpaired) electrons. The minimum Gasteiger partial charge on any atom is -0.452 e. The highest BCUT2D eigenvalue weighted by Crippen LogP contribution is 2.45. The molecule has 6 nitrogen and oxygen atoms in total. The zero-order valence-electron chi connectivity index (χ0n) is 24.3. The molecule has 0 unspecified atom stereocenters. The first-order chi connectivity index (χ1) is 22.7. The largest absolute Gasteiger partial charge is 0.534 e. The summed E-state index contributed by atoms with van der Waals surface area (Å²) < 4.78 is 77.8. The highest BCUT2D eigenvalue weighted by atomic mass is 32.2. The summed E-state index contributed by atoms with van der Waals surface area (Å²) in [5.41, 5.74) is -0.654. The fourth-order valence-corrected chi connectivity index (χ4v) is 6.63. The molecule has 47 heavy (non-hydrogen) atoms. The molecular formula is C37H23F3N2O4S. The maximum Gasteiger partial charge on any atom is 0.534 e. The normalized spacial score (nSPS) is 12.3. The molecule has 10 heteroatoms. The molecule has 0 amide bonds. The molecule has 2 heterocycles. The van der Waals surface area contributed by atoms with Crippen LogP contribution in [0.4, 0.5) is 30.2 Å². The Kier molecular flexibility index (Phi) is 6.52. The molecule has 0 bridgehead atoms. The summed E-state index contributed by atoms with van der Waals surface area (Å²) in [7, 11) is -5.98. The molecule has 0 N–H and O–H groups in total. The van der Waals surface area contributed by atoms with Gasteiger partial charge < -0.3 is 18.1 Å². The van der Waals surface area contributed by atoms with Gasteiger partial charge in [0.05, 0.1) is 22.1 Å². The molecule has 0 saturated carbocycles. The lowest BCUT2D eigenvalue weighted by atomic mass is 10.1. The maximum atomic E-state index is 13.5. The summed E-state index contributed by atoms with van der Waals surface area (Å²) in [4.78, 5) is 2.02. The lowest BCUT2D eigenvalue weighted by Gasteiger charge is -2.25. The third-order valence-electron chi connectivity index (χ3n) is 8.14. The summed E-state index contributed by atoms with van der Waals surface area (Å²) in [5, 5.41) is 2.93. The van der Waals surface area contributed by atoms with Gasteiger partial charge >= 0.3 is 15.6 Å². The summed E-state index contributed by atoms with van der Waals surface area (Å²) in [6.45, 7) is 0. The molecule has 0 atom stereocenters. The highest BCUT2D eigenvalue weighted by molar-refractivity contribution is 7.88. The van der Waals surface area contributed by atoms with Crippen LogP contribution in [0.5, 0.6) is 5.75 Å². The van der Waals surface area contributed by atoms with E-state index in [1.807, 2.05) is 131 Å². The minimum absolute atomic E-state index is 0.129. The van der Waals surface area contributed by atoms with Gasteiger partial charge in [-0.2, -0.15) is 21.6 Å². The van der Waals surface area contributed by atoms with Crippen LogP contribution in [0.15, 0.2) is 144 Å². The number of hydrogen-bond donors (Lipinski definition) is 0. The molecule has 0 aliphatic rings. The fourth-order valence-electron chi connectivity index (χ4n) is 6.17. The van der Waals surface area contributed by atoms with Gasteiger partial charge in [-0.05, 0) is 60.7 Å². The number of hydrogen-bond acceptors (Lipinski definition) is 5. The first-order valence-electron chi connectivity index (χ1n) is 14.6. The Morgan fingerprint density at radius 2 is 1.17 bits per heavy atom. The van der Waals surface area contributed by atoms with Crippen LogP contribution in [0.3, 0.4) is 0 Å². The van der Waals surface area contributed by atoms with Crippen LogP contribution in [-0.2, 0) is 10.1 Å². The van der Waals surface area contributed by atoms with E-state index < -0.39 is 21.4 Å². The second-order valence-corrected chi connectivity index (χ2v) is 12.5. The smallest absolute Gasteiger partial charge is 0.452 e. The predicted octanol–water partition coefficient (Wildman–Crippen LogP) is 10.4. The number of furan rings is 1. The van der Waals surface area contributed by atoms with Crippen LogP contribution >= 0.6 is 0 Å². The Labute approximate surface area is 266 Å². The van der Waals surface area contributed by atoms with Gasteiger partial charge in [0, 0.05) is 39.3 Å². The van der Waals surface area contributed by atoms with Crippen molar-refractivity contribution in [2.75, 3.05) is 4.90 Å². The van der Waals surface area contributed by atoms with E-state index in [0.29, 0.717) is 22.0 Å². The molecule has 0 fully saturated rings.